The Morgan fingerprint density at radius 2 is 2.05 bits per heavy atom. The number of aromatic nitrogens is 1. The predicted molar refractivity (Wildman–Crippen MR) is 71.5 cm³/mol. The molecule has 1 aromatic carbocycles. The second-order valence-electron chi connectivity index (χ2n) is 4.06. The average Bonchev–Trinajstić information content (AvgIpc) is 2.73. The fourth-order valence-corrected chi connectivity index (χ4v) is 2.01. The number of nitrogens with zero attached hydrogens (tertiary/aromatic N) is 2. The summed E-state index contributed by atoms with van der Waals surface area (Å²) >= 11 is 2.92. The second-order valence-corrected chi connectivity index (χ2v) is 4.91. The Labute approximate surface area is 117 Å². The van der Waals surface area contributed by atoms with E-state index in [1.807, 2.05) is 6.07 Å². The van der Waals surface area contributed by atoms with E-state index in [-0.39, 0.29) is 10.2 Å². The van der Waals surface area contributed by atoms with Crippen LogP contribution in [0.4, 0.5) is 14.5 Å². The van der Waals surface area contributed by atoms with Crippen LogP contribution >= 0.6 is 15.9 Å². The van der Waals surface area contributed by atoms with Gasteiger partial charge in [0.2, 0.25) is 0 Å². The van der Waals surface area contributed by atoms with Crippen LogP contribution in [0.25, 0.3) is 0 Å². The first kappa shape index (κ1) is 13.6. The molecule has 6 heteroatoms. The first-order valence-corrected chi connectivity index (χ1v) is 6.24. The molecular weight excluding hydrogens is 316 g/mol. The number of hydrogen-bond donors (Lipinski definition) is 1. The summed E-state index contributed by atoms with van der Waals surface area (Å²) in [4.78, 5) is 0. The molecule has 19 heavy (non-hydrogen) atoms. The van der Waals surface area contributed by atoms with Crippen LogP contribution in [0, 0.1) is 23.0 Å². The second kappa shape index (κ2) is 5.41. The van der Waals surface area contributed by atoms with E-state index in [0.29, 0.717) is 12.2 Å². The van der Waals surface area contributed by atoms with Gasteiger partial charge in [0.15, 0.2) is 0 Å². The van der Waals surface area contributed by atoms with Crippen molar-refractivity contribution in [3.05, 3.63) is 51.8 Å². The zero-order valence-electron chi connectivity index (χ0n) is 10.0. The Kier molecular flexibility index (Phi) is 3.86. The summed E-state index contributed by atoms with van der Waals surface area (Å²) < 4.78 is 28.6. The number of aryl methyl sites for hydroxylation is 1. The van der Waals surface area contributed by atoms with E-state index < -0.39 is 11.6 Å². The Bertz CT molecular complexity index is 659. The molecule has 0 atom stereocenters. The van der Waals surface area contributed by atoms with Crippen LogP contribution in [-0.4, -0.2) is 4.57 Å². The molecule has 1 N–H and O–H groups in total. The highest BCUT2D eigenvalue weighted by Crippen LogP contribution is 2.23. The first-order chi connectivity index (χ1) is 9.01. The van der Waals surface area contributed by atoms with Crippen molar-refractivity contribution in [1.29, 1.82) is 5.26 Å². The monoisotopic (exact) mass is 325 g/mol. The van der Waals surface area contributed by atoms with E-state index in [1.54, 1.807) is 23.9 Å². The van der Waals surface area contributed by atoms with Gasteiger partial charge in [-0.05, 0) is 33.6 Å². The van der Waals surface area contributed by atoms with Gasteiger partial charge < -0.3 is 9.88 Å². The van der Waals surface area contributed by atoms with Crippen LogP contribution in [0.3, 0.4) is 0 Å². The number of benzene rings is 1. The van der Waals surface area contributed by atoms with Gasteiger partial charge in [0.25, 0.3) is 0 Å². The van der Waals surface area contributed by atoms with Crippen LogP contribution in [0.15, 0.2) is 28.9 Å². The average molecular weight is 326 g/mol. The van der Waals surface area contributed by atoms with Gasteiger partial charge in [-0.3, -0.25) is 0 Å². The summed E-state index contributed by atoms with van der Waals surface area (Å²) in [6.45, 7) is 0.313. The van der Waals surface area contributed by atoms with Gasteiger partial charge in [0.05, 0.1) is 10.2 Å². The van der Waals surface area contributed by atoms with Crippen LogP contribution in [0.5, 0.6) is 0 Å². The largest absolute Gasteiger partial charge is 0.378 e. The van der Waals surface area contributed by atoms with Crippen LogP contribution in [0.1, 0.15) is 11.3 Å². The van der Waals surface area contributed by atoms with Crippen molar-refractivity contribution in [2.45, 2.75) is 6.54 Å². The Balaban J connectivity index is 2.14. The Morgan fingerprint density at radius 3 is 2.68 bits per heavy atom. The SMILES string of the molecule is Cn1cc(CNc2cc(F)c(Br)cc2F)cc1C#N. The number of rotatable bonds is 3. The van der Waals surface area contributed by atoms with Crippen LogP contribution in [0.2, 0.25) is 0 Å². The van der Waals surface area contributed by atoms with Gasteiger partial charge in [-0.1, -0.05) is 0 Å². The number of nitriles is 1. The maximum absolute atomic E-state index is 13.6. The van der Waals surface area contributed by atoms with Gasteiger partial charge in [0.1, 0.15) is 23.4 Å². The van der Waals surface area contributed by atoms with Gasteiger partial charge in [0, 0.05) is 25.9 Å². The number of anilines is 1. The third-order valence-corrected chi connectivity index (χ3v) is 3.28. The number of hydrogen-bond acceptors (Lipinski definition) is 2. The molecule has 1 aromatic heterocycles. The lowest BCUT2D eigenvalue weighted by Gasteiger charge is -2.07. The van der Waals surface area contributed by atoms with Crippen molar-refractivity contribution in [2.24, 2.45) is 7.05 Å². The standard InChI is InChI=1S/C13H10BrF2N3/c1-19-7-8(2-9(19)5-17)6-18-13-4-11(15)10(14)3-12(13)16/h2-4,7,18H,6H2,1H3. The lowest BCUT2D eigenvalue weighted by molar-refractivity contribution is 0.596. The minimum Gasteiger partial charge on any atom is -0.378 e. The third kappa shape index (κ3) is 2.93. The normalized spacial score (nSPS) is 10.3. The summed E-state index contributed by atoms with van der Waals surface area (Å²) in [5.41, 5.74) is 1.42. The van der Waals surface area contributed by atoms with E-state index in [4.69, 9.17) is 5.26 Å². The molecule has 2 rings (SSSR count). The molecule has 0 amide bonds. The van der Waals surface area contributed by atoms with Gasteiger partial charge in [-0.15, -0.1) is 0 Å². The molecule has 0 aliphatic rings. The Hall–Kier alpha value is -1.87. The van der Waals surface area contributed by atoms with Crippen LogP contribution in [-0.2, 0) is 13.6 Å². The highest BCUT2D eigenvalue weighted by atomic mass is 79.9. The topological polar surface area (TPSA) is 40.8 Å². The molecule has 3 nitrogen and oxygen atoms in total. The zero-order chi connectivity index (χ0) is 14.0. The first-order valence-electron chi connectivity index (χ1n) is 5.45. The van der Waals surface area contributed by atoms with E-state index in [9.17, 15) is 8.78 Å². The molecule has 0 saturated heterocycles. The Morgan fingerprint density at radius 1 is 1.32 bits per heavy atom. The van der Waals surface area contributed by atoms with Gasteiger partial charge in [-0.25, -0.2) is 8.78 Å². The molecule has 0 aliphatic carbocycles. The maximum Gasteiger partial charge on any atom is 0.147 e. The van der Waals surface area contributed by atoms with Crippen molar-refractivity contribution in [3.63, 3.8) is 0 Å². The van der Waals surface area contributed by atoms with E-state index in [1.165, 1.54) is 0 Å². The van der Waals surface area contributed by atoms with Gasteiger partial charge >= 0.3 is 0 Å². The molecule has 0 bridgehead atoms. The molecule has 0 unspecified atom stereocenters. The number of halogens is 3. The molecule has 0 radical (unpaired) electrons. The van der Waals surface area contributed by atoms with E-state index in [0.717, 1.165) is 17.7 Å². The van der Waals surface area contributed by atoms with Crippen molar-refractivity contribution in [3.8, 4) is 6.07 Å². The minimum absolute atomic E-state index is 0.0852. The van der Waals surface area contributed by atoms with E-state index in [2.05, 4.69) is 21.2 Å². The predicted octanol–water partition coefficient (Wildman–Crippen LogP) is 3.55. The minimum atomic E-state index is -0.537. The molecule has 1 heterocycles. The van der Waals surface area contributed by atoms with Crippen molar-refractivity contribution in [2.75, 3.05) is 5.32 Å². The number of nitrogens with one attached hydrogen (secondary N) is 1. The summed E-state index contributed by atoms with van der Waals surface area (Å²) in [7, 11) is 1.75. The lowest BCUT2D eigenvalue weighted by atomic mass is 10.2. The molecule has 0 aliphatic heterocycles. The fraction of sp³-hybridized carbons (Fsp3) is 0.154. The smallest absolute Gasteiger partial charge is 0.147 e. The summed E-state index contributed by atoms with van der Waals surface area (Å²) in [6, 6.07) is 5.89. The van der Waals surface area contributed by atoms with Crippen molar-refractivity contribution < 1.29 is 8.78 Å². The summed E-state index contributed by atoms with van der Waals surface area (Å²) in [5, 5.41) is 11.6. The molecule has 0 spiro atoms. The van der Waals surface area contributed by atoms with Crippen molar-refractivity contribution in [1.82, 2.24) is 4.57 Å². The maximum atomic E-state index is 13.6. The molecular formula is C13H10BrF2N3. The molecule has 2 aromatic rings. The molecule has 0 saturated carbocycles. The summed E-state index contributed by atoms with van der Waals surface area (Å²) in [6.07, 6.45) is 1.76. The summed E-state index contributed by atoms with van der Waals surface area (Å²) in [5.74, 6) is -1.07. The molecule has 0 fully saturated rings. The van der Waals surface area contributed by atoms with Gasteiger partial charge in [-0.2, -0.15) is 5.26 Å². The quantitative estimate of drug-likeness (QED) is 0.877. The zero-order valence-corrected chi connectivity index (χ0v) is 11.6. The molecule has 98 valence electrons. The lowest BCUT2D eigenvalue weighted by Crippen LogP contribution is -2.01. The third-order valence-electron chi connectivity index (χ3n) is 2.67. The fourth-order valence-electron chi connectivity index (χ4n) is 1.70. The highest BCUT2D eigenvalue weighted by Gasteiger charge is 2.09. The van der Waals surface area contributed by atoms with E-state index >= 15 is 0 Å². The van der Waals surface area contributed by atoms with Crippen LogP contribution < -0.4 is 5.32 Å². The highest BCUT2D eigenvalue weighted by molar-refractivity contribution is 9.10. The van der Waals surface area contributed by atoms with Crippen molar-refractivity contribution >= 4 is 21.6 Å².